The molecule has 106 valence electrons. The normalized spacial score (nSPS) is 10.3. The molecule has 0 radical (unpaired) electrons. The van der Waals surface area contributed by atoms with Crippen LogP contribution in [0.4, 0.5) is 0 Å². The van der Waals surface area contributed by atoms with E-state index < -0.39 is 0 Å². The number of aromatic hydroxyl groups is 1. The Bertz CT molecular complexity index is 607. The molecule has 0 spiro atoms. The van der Waals surface area contributed by atoms with Crippen LogP contribution in [0.25, 0.3) is 0 Å². The lowest BCUT2D eigenvalue weighted by atomic mass is 10.1. The van der Waals surface area contributed by atoms with Crippen LogP contribution in [0.1, 0.15) is 15.9 Å². The van der Waals surface area contributed by atoms with E-state index in [-0.39, 0.29) is 17.2 Å². The largest absolute Gasteiger partial charge is 0.507 e. The number of phenols is 1. The summed E-state index contributed by atoms with van der Waals surface area (Å²) >= 11 is 0. The lowest BCUT2D eigenvalue weighted by molar-refractivity contribution is 0.0951. The van der Waals surface area contributed by atoms with E-state index in [1.165, 1.54) is 19.2 Å². The van der Waals surface area contributed by atoms with E-state index in [9.17, 15) is 9.90 Å². The van der Waals surface area contributed by atoms with Crippen molar-refractivity contribution in [2.75, 3.05) is 13.7 Å². The monoisotopic (exact) mass is 275 g/mol. The Kier molecular flexibility index (Phi) is 4.24. The van der Waals surface area contributed by atoms with Gasteiger partial charge < -0.3 is 15.2 Å². The first-order valence-corrected chi connectivity index (χ1v) is 6.23. The summed E-state index contributed by atoms with van der Waals surface area (Å²) < 4.78 is 6.68. The summed E-state index contributed by atoms with van der Waals surface area (Å²) in [5.74, 6) is 0.103. The van der Waals surface area contributed by atoms with Crippen LogP contribution in [-0.2, 0) is 13.5 Å². The van der Waals surface area contributed by atoms with E-state index >= 15 is 0 Å². The Hall–Kier alpha value is -2.50. The number of phenolic OH excluding ortho intramolecular Hbond substituents is 1. The molecule has 2 N–H and O–H groups in total. The Balaban J connectivity index is 1.91. The number of benzene rings is 1. The molecule has 0 atom stereocenters. The number of aromatic nitrogens is 2. The van der Waals surface area contributed by atoms with Gasteiger partial charge >= 0.3 is 0 Å². The Morgan fingerprint density at radius 2 is 2.30 bits per heavy atom. The van der Waals surface area contributed by atoms with Crippen molar-refractivity contribution in [2.45, 2.75) is 6.42 Å². The van der Waals surface area contributed by atoms with Gasteiger partial charge in [0.1, 0.15) is 11.5 Å². The summed E-state index contributed by atoms with van der Waals surface area (Å²) in [7, 11) is 3.35. The van der Waals surface area contributed by atoms with Crippen LogP contribution >= 0.6 is 0 Å². The van der Waals surface area contributed by atoms with E-state index in [2.05, 4.69) is 10.4 Å². The van der Waals surface area contributed by atoms with Crippen molar-refractivity contribution in [3.8, 4) is 11.5 Å². The third-order valence-corrected chi connectivity index (χ3v) is 2.91. The molecule has 6 heteroatoms. The second-order valence-electron chi connectivity index (χ2n) is 4.41. The van der Waals surface area contributed by atoms with Crippen LogP contribution in [0, 0.1) is 0 Å². The first-order chi connectivity index (χ1) is 9.60. The molecule has 2 aromatic rings. The highest BCUT2D eigenvalue weighted by atomic mass is 16.5. The zero-order valence-electron chi connectivity index (χ0n) is 11.5. The average Bonchev–Trinajstić information content (AvgIpc) is 2.84. The summed E-state index contributed by atoms with van der Waals surface area (Å²) in [5, 5.41) is 16.6. The maximum atomic E-state index is 11.9. The molecule has 1 heterocycles. The lowest BCUT2D eigenvalue weighted by Gasteiger charge is -2.07. The highest BCUT2D eigenvalue weighted by Gasteiger charge is 2.11. The van der Waals surface area contributed by atoms with Crippen LogP contribution in [0.5, 0.6) is 11.5 Å². The van der Waals surface area contributed by atoms with E-state index in [4.69, 9.17) is 4.74 Å². The number of amides is 1. The number of carbonyl (C=O) groups excluding carboxylic acids is 1. The highest BCUT2D eigenvalue weighted by Crippen LogP contribution is 2.23. The standard InChI is InChI=1S/C14H17N3O3/c1-17-9-10(8-16-17)5-6-15-14(19)12-4-3-11(20-2)7-13(12)18/h3-4,7-9,18H,5-6H2,1-2H3,(H,15,19). The first kappa shape index (κ1) is 13.9. The fourth-order valence-electron chi connectivity index (χ4n) is 1.85. The second kappa shape index (κ2) is 6.10. The molecular formula is C14H17N3O3. The van der Waals surface area contributed by atoms with Crippen molar-refractivity contribution in [3.05, 3.63) is 41.7 Å². The van der Waals surface area contributed by atoms with Crippen molar-refractivity contribution in [1.82, 2.24) is 15.1 Å². The number of carbonyl (C=O) groups is 1. The lowest BCUT2D eigenvalue weighted by Crippen LogP contribution is -2.25. The number of methoxy groups -OCH3 is 1. The summed E-state index contributed by atoms with van der Waals surface area (Å²) in [5.41, 5.74) is 1.28. The van der Waals surface area contributed by atoms with Crippen molar-refractivity contribution in [3.63, 3.8) is 0 Å². The van der Waals surface area contributed by atoms with Gasteiger partial charge in [-0.2, -0.15) is 5.10 Å². The van der Waals surface area contributed by atoms with E-state index in [1.807, 2.05) is 13.2 Å². The Morgan fingerprint density at radius 3 is 2.90 bits per heavy atom. The number of nitrogens with one attached hydrogen (secondary N) is 1. The van der Waals surface area contributed by atoms with Crippen LogP contribution in [0.15, 0.2) is 30.6 Å². The SMILES string of the molecule is COc1ccc(C(=O)NCCc2cnn(C)c2)c(O)c1. The van der Waals surface area contributed by atoms with Crippen LogP contribution in [0.2, 0.25) is 0 Å². The van der Waals surface area contributed by atoms with Gasteiger partial charge in [0.2, 0.25) is 0 Å². The third kappa shape index (κ3) is 3.28. The minimum Gasteiger partial charge on any atom is -0.507 e. The van der Waals surface area contributed by atoms with Gasteiger partial charge in [0.05, 0.1) is 18.9 Å². The quantitative estimate of drug-likeness (QED) is 0.857. The van der Waals surface area contributed by atoms with Crippen LogP contribution in [-0.4, -0.2) is 34.4 Å². The zero-order chi connectivity index (χ0) is 14.5. The Labute approximate surface area is 117 Å². The van der Waals surface area contributed by atoms with Crippen LogP contribution < -0.4 is 10.1 Å². The van der Waals surface area contributed by atoms with Crippen molar-refractivity contribution in [2.24, 2.45) is 7.05 Å². The molecule has 0 bridgehead atoms. The van der Waals surface area contributed by atoms with E-state index in [0.717, 1.165) is 5.56 Å². The van der Waals surface area contributed by atoms with Crippen molar-refractivity contribution < 1.29 is 14.6 Å². The van der Waals surface area contributed by atoms with Crippen molar-refractivity contribution >= 4 is 5.91 Å². The van der Waals surface area contributed by atoms with Gasteiger partial charge in [0.15, 0.2) is 0 Å². The fourth-order valence-corrected chi connectivity index (χ4v) is 1.85. The molecule has 1 aromatic carbocycles. The maximum absolute atomic E-state index is 11.9. The van der Waals surface area contributed by atoms with Crippen molar-refractivity contribution in [1.29, 1.82) is 0 Å². The molecule has 0 aliphatic heterocycles. The molecule has 20 heavy (non-hydrogen) atoms. The second-order valence-corrected chi connectivity index (χ2v) is 4.41. The number of hydrogen-bond donors (Lipinski definition) is 2. The zero-order valence-corrected chi connectivity index (χ0v) is 11.5. The molecule has 1 aromatic heterocycles. The van der Waals surface area contributed by atoms with E-state index in [1.54, 1.807) is 16.9 Å². The molecule has 0 fully saturated rings. The molecule has 0 aliphatic rings. The number of aryl methyl sites for hydroxylation is 1. The number of rotatable bonds is 5. The topological polar surface area (TPSA) is 76.4 Å². The minimum atomic E-state index is -0.311. The first-order valence-electron chi connectivity index (χ1n) is 6.23. The summed E-state index contributed by atoms with van der Waals surface area (Å²) in [6.45, 7) is 0.482. The highest BCUT2D eigenvalue weighted by molar-refractivity contribution is 5.96. The van der Waals surface area contributed by atoms with Crippen LogP contribution in [0.3, 0.4) is 0 Å². The summed E-state index contributed by atoms with van der Waals surface area (Å²) in [6.07, 6.45) is 4.35. The minimum absolute atomic E-state index is 0.0942. The third-order valence-electron chi connectivity index (χ3n) is 2.91. The van der Waals surface area contributed by atoms with Gasteiger partial charge in [0.25, 0.3) is 5.91 Å². The predicted molar refractivity (Wildman–Crippen MR) is 73.9 cm³/mol. The van der Waals surface area contributed by atoms with Gasteiger partial charge in [-0.25, -0.2) is 0 Å². The molecule has 0 unspecified atom stereocenters. The molecule has 1 amide bonds. The molecule has 2 rings (SSSR count). The molecule has 6 nitrogen and oxygen atoms in total. The molecular weight excluding hydrogens is 258 g/mol. The molecule has 0 saturated carbocycles. The molecule has 0 aliphatic carbocycles. The smallest absolute Gasteiger partial charge is 0.255 e. The van der Waals surface area contributed by atoms with Gasteiger partial charge in [-0.3, -0.25) is 9.48 Å². The van der Waals surface area contributed by atoms with E-state index in [0.29, 0.717) is 18.7 Å². The predicted octanol–water partition coefficient (Wildman–Crippen LogP) is 1.11. The fraction of sp³-hybridized carbons (Fsp3) is 0.286. The van der Waals surface area contributed by atoms with Gasteiger partial charge in [-0.15, -0.1) is 0 Å². The summed E-state index contributed by atoms with van der Waals surface area (Å²) in [4.78, 5) is 11.9. The average molecular weight is 275 g/mol. The number of ether oxygens (including phenoxy) is 1. The van der Waals surface area contributed by atoms with Gasteiger partial charge in [0, 0.05) is 25.9 Å². The number of hydrogen-bond acceptors (Lipinski definition) is 4. The van der Waals surface area contributed by atoms with Gasteiger partial charge in [-0.1, -0.05) is 0 Å². The summed E-state index contributed by atoms with van der Waals surface area (Å²) in [6, 6.07) is 4.58. The number of nitrogens with zero attached hydrogens (tertiary/aromatic N) is 2. The molecule has 0 saturated heterocycles. The maximum Gasteiger partial charge on any atom is 0.255 e. The van der Waals surface area contributed by atoms with Gasteiger partial charge in [-0.05, 0) is 24.1 Å². The Morgan fingerprint density at radius 1 is 1.50 bits per heavy atom.